The summed E-state index contributed by atoms with van der Waals surface area (Å²) in [6, 6.07) is 5.82. The van der Waals surface area contributed by atoms with E-state index >= 15 is 0 Å². The minimum absolute atomic E-state index is 0.506. The van der Waals surface area contributed by atoms with Crippen LogP contribution in [0.3, 0.4) is 0 Å². The number of nitrogens with zero attached hydrogens (tertiary/aromatic N) is 2. The summed E-state index contributed by atoms with van der Waals surface area (Å²) in [5, 5.41) is 3.64. The monoisotopic (exact) mass is 188 g/mol. The molecule has 14 heavy (non-hydrogen) atoms. The summed E-state index contributed by atoms with van der Waals surface area (Å²) < 4.78 is 5.01. The van der Waals surface area contributed by atoms with E-state index in [1.807, 2.05) is 12.3 Å². The Hall–Kier alpha value is -1.64. The maximum absolute atomic E-state index is 5.01. The summed E-state index contributed by atoms with van der Waals surface area (Å²) in [7, 11) is 0. The molecule has 0 bridgehead atoms. The first kappa shape index (κ1) is 8.94. The van der Waals surface area contributed by atoms with Crippen molar-refractivity contribution >= 4 is 0 Å². The van der Waals surface area contributed by atoms with E-state index in [1.54, 1.807) is 12.3 Å². The third-order valence-corrected chi connectivity index (χ3v) is 2.14. The van der Waals surface area contributed by atoms with Crippen LogP contribution in [0.15, 0.2) is 35.1 Å². The second-order valence-corrected chi connectivity index (χ2v) is 3.51. The van der Waals surface area contributed by atoms with Crippen molar-refractivity contribution in [2.24, 2.45) is 0 Å². The number of aromatic nitrogens is 2. The second-order valence-electron chi connectivity index (χ2n) is 3.51. The van der Waals surface area contributed by atoms with E-state index in [0.29, 0.717) is 11.7 Å². The lowest BCUT2D eigenvalue weighted by molar-refractivity contribution is 0.431. The summed E-state index contributed by atoms with van der Waals surface area (Å²) in [6.45, 7) is 4.29. The summed E-state index contributed by atoms with van der Waals surface area (Å²) in [5.41, 5.74) is 2.06. The lowest BCUT2D eigenvalue weighted by Crippen LogP contribution is -1.89. The third-order valence-electron chi connectivity index (χ3n) is 2.14. The van der Waals surface area contributed by atoms with Gasteiger partial charge < -0.3 is 4.52 Å². The van der Waals surface area contributed by atoms with Crippen LogP contribution in [0.25, 0.3) is 11.5 Å². The fraction of sp³-hybridized carbons (Fsp3) is 0.273. The molecular formula is C11H12N2O. The zero-order valence-electron chi connectivity index (χ0n) is 8.27. The zero-order valence-corrected chi connectivity index (χ0v) is 8.27. The predicted molar refractivity (Wildman–Crippen MR) is 53.8 cm³/mol. The smallest absolute Gasteiger partial charge is 0.185 e. The highest BCUT2D eigenvalue weighted by molar-refractivity contribution is 5.50. The van der Waals surface area contributed by atoms with Crippen LogP contribution in [0.2, 0.25) is 0 Å². The van der Waals surface area contributed by atoms with Crippen LogP contribution in [-0.4, -0.2) is 10.1 Å². The van der Waals surface area contributed by atoms with Gasteiger partial charge in [-0.15, -0.1) is 0 Å². The molecule has 0 aliphatic carbocycles. The highest BCUT2D eigenvalue weighted by Gasteiger charge is 2.04. The van der Waals surface area contributed by atoms with Gasteiger partial charge in [-0.1, -0.05) is 25.1 Å². The molecule has 3 heteroatoms. The Morgan fingerprint density at radius 2 is 2.07 bits per heavy atom. The molecule has 0 unspecified atom stereocenters. The van der Waals surface area contributed by atoms with Gasteiger partial charge in [-0.3, -0.25) is 4.98 Å². The number of hydrogen-bond acceptors (Lipinski definition) is 3. The molecule has 0 saturated carbocycles. The molecule has 0 saturated heterocycles. The van der Waals surface area contributed by atoms with E-state index in [4.69, 9.17) is 4.52 Å². The van der Waals surface area contributed by atoms with Crippen LogP contribution in [-0.2, 0) is 0 Å². The fourth-order valence-corrected chi connectivity index (χ4v) is 1.24. The third kappa shape index (κ3) is 1.66. The van der Waals surface area contributed by atoms with E-state index in [1.165, 1.54) is 5.56 Å². The molecule has 0 aliphatic heterocycles. The largest absolute Gasteiger partial charge is 0.355 e. The SMILES string of the molecule is CC(C)c1ccc(-c2ccno2)nc1. The van der Waals surface area contributed by atoms with E-state index in [9.17, 15) is 0 Å². The topological polar surface area (TPSA) is 38.9 Å². The van der Waals surface area contributed by atoms with Crippen molar-refractivity contribution in [1.82, 2.24) is 10.1 Å². The standard InChI is InChI=1S/C11H12N2O/c1-8(2)9-3-4-10(12-7-9)11-5-6-13-14-11/h3-8H,1-2H3. The Balaban J connectivity index is 2.31. The van der Waals surface area contributed by atoms with Gasteiger partial charge in [0, 0.05) is 12.3 Å². The zero-order chi connectivity index (χ0) is 9.97. The first-order chi connectivity index (χ1) is 6.77. The van der Waals surface area contributed by atoms with Crippen LogP contribution in [0, 0.1) is 0 Å². The minimum Gasteiger partial charge on any atom is -0.355 e. The van der Waals surface area contributed by atoms with Gasteiger partial charge in [0.05, 0.1) is 6.20 Å². The Labute approximate surface area is 82.8 Å². The molecule has 2 heterocycles. The molecule has 0 atom stereocenters. The summed E-state index contributed by atoms with van der Waals surface area (Å²) >= 11 is 0. The summed E-state index contributed by atoms with van der Waals surface area (Å²) in [6.07, 6.45) is 3.50. The van der Waals surface area contributed by atoms with Gasteiger partial charge in [-0.05, 0) is 17.5 Å². The first-order valence-corrected chi connectivity index (χ1v) is 4.64. The molecule has 0 aliphatic rings. The maximum atomic E-state index is 5.01. The van der Waals surface area contributed by atoms with Gasteiger partial charge in [0.25, 0.3) is 0 Å². The summed E-state index contributed by atoms with van der Waals surface area (Å²) in [4.78, 5) is 4.31. The first-order valence-electron chi connectivity index (χ1n) is 4.64. The van der Waals surface area contributed by atoms with Crippen LogP contribution in [0.1, 0.15) is 25.3 Å². The summed E-state index contributed by atoms with van der Waals surface area (Å²) in [5.74, 6) is 1.21. The van der Waals surface area contributed by atoms with Crippen LogP contribution < -0.4 is 0 Å². The van der Waals surface area contributed by atoms with Gasteiger partial charge in [0.2, 0.25) is 0 Å². The van der Waals surface area contributed by atoms with Gasteiger partial charge in [0.15, 0.2) is 5.76 Å². The predicted octanol–water partition coefficient (Wildman–Crippen LogP) is 2.86. The van der Waals surface area contributed by atoms with Crippen molar-refractivity contribution in [2.45, 2.75) is 19.8 Å². The molecule has 3 nitrogen and oxygen atoms in total. The van der Waals surface area contributed by atoms with Gasteiger partial charge in [-0.25, -0.2) is 0 Å². The van der Waals surface area contributed by atoms with Crippen LogP contribution >= 0.6 is 0 Å². The van der Waals surface area contributed by atoms with Crippen molar-refractivity contribution < 1.29 is 4.52 Å². The molecule has 0 spiro atoms. The fourth-order valence-electron chi connectivity index (χ4n) is 1.24. The lowest BCUT2D eigenvalue weighted by atomic mass is 10.1. The molecule has 2 aromatic heterocycles. The van der Waals surface area contributed by atoms with Crippen molar-refractivity contribution in [3.05, 3.63) is 36.2 Å². The molecule has 0 N–H and O–H groups in total. The number of hydrogen-bond donors (Lipinski definition) is 0. The van der Waals surface area contributed by atoms with Crippen LogP contribution in [0.4, 0.5) is 0 Å². The number of pyridine rings is 1. The molecule has 0 fully saturated rings. The Morgan fingerprint density at radius 1 is 1.21 bits per heavy atom. The molecule has 2 rings (SSSR count). The van der Waals surface area contributed by atoms with E-state index in [-0.39, 0.29) is 0 Å². The number of rotatable bonds is 2. The quantitative estimate of drug-likeness (QED) is 0.727. The van der Waals surface area contributed by atoms with Crippen LogP contribution in [0.5, 0.6) is 0 Å². The van der Waals surface area contributed by atoms with Gasteiger partial charge in [-0.2, -0.15) is 0 Å². The molecule has 0 amide bonds. The van der Waals surface area contributed by atoms with Crippen molar-refractivity contribution in [3.63, 3.8) is 0 Å². The lowest BCUT2D eigenvalue weighted by Gasteiger charge is -2.03. The second kappa shape index (κ2) is 3.62. The average Bonchev–Trinajstić information content (AvgIpc) is 2.71. The highest BCUT2D eigenvalue weighted by Crippen LogP contribution is 2.18. The van der Waals surface area contributed by atoms with E-state index < -0.39 is 0 Å². The highest BCUT2D eigenvalue weighted by atomic mass is 16.5. The molecule has 0 aromatic carbocycles. The van der Waals surface area contributed by atoms with Gasteiger partial charge in [0.1, 0.15) is 5.69 Å². The molecular weight excluding hydrogens is 176 g/mol. The Morgan fingerprint density at radius 3 is 2.57 bits per heavy atom. The molecule has 2 aromatic rings. The molecule has 72 valence electrons. The minimum atomic E-state index is 0.506. The Kier molecular flexibility index (Phi) is 2.31. The van der Waals surface area contributed by atoms with Crippen molar-refractivity contribution in [1.29, 1.82) is 0 Å². The van der Waals surface area contributed by atoms with Crippen molar-refractivity contribution in [2.75, 3.05) is 0 Å². The maximum Gasteiger partial charge on any atom is 0.185 e. The normalized spacial score (nSPS) is 10.8. The van der Waals surface area contributed by atoms with Gasteiger partial charge >= 0.3 is 0 Å². The van der Waals surface area contributed by atoms with E-state index in [0.717, 1.165) is 5.69 Å². The Bertz CT molecular complexity index is 390. The average molecular weight is 188 g/mol. The van der Waals surface area contributed by atoms with E-state index in [2.05, 4.69) is 30.1 Å². The van der Waals surface area contributed by atoms with Crippen molar-refractivity contribution in [3.8, 4) is 11.5 Å². The molecule has 0 radical (unpaired) electrons.